The third-order valence-electron chi connectivity index (χ3n) is 3.93. The van der Waals surface area contributed by atoms with Crippen LogP contribution in [0.1, 0.15) is 24.3 Å². The lowest BCUT2D eigenvalue weighted by atomic mass is 9.96. The van der Waals surface area contributed by atoms with Gasteiger partial charge in [0.15, 0.2) is 0 Å². The number of rotatable bonds is 1. The topological polar surface area (TPSA) is 12.0 Å². The summed E-state index contributed by atoms with van der Waals surface area (Å²) in [5, 5.41) is 3.50. The van der Waals surface area contributed by atoms with Crippen molar-refractivity contribution in [3.63, 3.8) is 0 Å². The number of fused-ring (bicyclic) bond motifs is 1. The van der Waals surface area contributed by atoms with E-state index in [4.69, 9.17) is 0 Å². The number of nitrogens with one attached hydrogen (secondary N) is 1. The van der Waals surface area contributed by atoms with Gasteiger partial charge in [-0.3, -0.25) is 0 Å². The lowest BCUT2D eigenvalue weighted by molar-refractivity contribution is 0.494. The van der Waals surface area contributed by atoms with Crippen molar-refractivity contribution in [1.29, 1.82) is 0 Å². The minimum atomic E-state index is 0.841. The Kier molecular flexibility index (Phi) is 2.06. The molecule has 1 heterocycles. The minimum absolute atomic E-state index is 0.841. The van der Waals surface area contributed by atoms with Crippen LogP contribution >= 0.6 is 0 Å². The molecule has 1 unspecified atom stereocenters. The predicted molar refractivity (Wildman–Crippen MR) is 58.3 cm³/mol. The fraction of sp³-hybridized carbons (Fsp3) is 0.538. The van der Waals surface area contributed by atoms with Gasteiger partial charge in [-0.05, 0) is 49.2 Å². The van der Waals surface area contributed by atoms with Crippen LogP contribution < -0.4 is 5.32 Å². The van der Waals surface area contributed by atoms with E-state index in [1.165, 1.54) is 25.9 Å². The number of hydrogen-bond donors (Lipinski definition) is 1. The molecular formula is C13H17N. The van der Waals surface area contributed by atoms with Gasteiger partial charge in [-0.15, -0.1) is 0 Å². The third-order valence-corrected chi connectivity index (χ3v) is 3.93. The second-order valence-corrected chi connectivity index (χ2v) is 4.76. The Labute approximate surface area is 85.5 Å². The molecule has 2 aliphatic rings. The molecule has 0 radical (unpaired) electrons. The Morgan fingerprint density at radius 2 is 1.57 bits per heavy atom. The summed E-state index contributed by atoms with van der Waals surface area (Å²) in [5.41, 5.74) is 1.56. The molecule has 3 rings (SSSR count). The predicted octanol–water partition coefficient (Wildman–Crippen LogP) is 2.40. The second kappa shape index (κ2) is 3.39. The lowest BCUT2D eigenvalue weighted by Gasteiger charge is -2.11. The van der Waals surface area contributed by atoms with E-state index in [-0.39, 0.29) is 0 Å². The summed E-state index contributed by atoms with van der Waals surface area (Å²) in [6, 6.07) is 11.0. The van der Waals surface area contributed by atoms with Crippen molar-refractivity contribution < 1.29 is 0 Å². The van der Waals surface area contributed by atoms with Crippen molar-refractivity contribution in [2.24, 2.45) is 11.8 Å². The Morgan fingerprint density at radius 3 is 2.21 bits per heavy atom. The fourth-order valence-corrected chi connectivity index (χ4v) is 3.16. The van der Waals surface area contributed by atoms with Gasteiger partial charge in [0.25, 0.3) is 0 Å². The zero-order valence-corrected chi connectivity index (χ0v) is 8.45. The molecule has 1 nitrogen and oxygen atoms in total. The Hall–Kier alpha value is -0.820. The Bertz CT molecular complexity index is 294. The van der Waals surface area contributed by atoms with E-state index in [0.717, 1.165) is 17.8 Å². The summed E-state index contributed by atoms with van der Waals surface area (Å²) in [7, 11) is 0. The van der Waals surface area contributed by atoms with Crippen LogP contribution in [0.2, 0.25) is 0 Å². The summed E-state index contributed by atoms with van der Waals surface area (Å²) < 4.78 is 0. The van der Waals surface area contributed by atoms with Gasteiger partial charge in [0.2, 0.25) is 0 Å². The minimum Gasteiger partial charge on any atom is -0.316 e. The van der Waals surface area contributed by atoms with Gasteiger partial charge in [0.05, 0.1) is 0 Å². The van der Waals surface area contributed by atoms with Gasteiger partial charge >= 0.3 is 0 Å². The SMILES string of the molecule is c1ccc([C@H]2CC3CNC[C@H]3C2)cc1. The summed E-state index contributed by atoms with van der Waals surface area (Å²) in [6.07, 6.45) is 2.81. The molecule has 1 aliphatic carbocycles. The van der Waals surface area contributed by atoms with Crippen LogP contribution in [-0.2, 0) is 0 Å². The van der Waals surface area contributed by atoms with Crippen LogP contribution in [0.25, 0.3) is 0 Å². The first-order valence-corrected chi connectivity index (χ1v) is 5.69. The van der Waals surface area contributed by atoms with Gasteiger partial charge in [-0.25, -0.2) is 0 Å². The Balaban J connectivity index is 1.77. The molecule has 0 amide bonds. The normalized spacial score (nSPS) is 35.9. The lowest BCUT2D eigenvalue weighted by Crippen LogP contribution is -2.11. The molecule has 1 N–H and O–H groups in total. The molecule has 1 aromatic rings. The molecule has 2 fully saturated rings. The van der Waals surface area contributed by atoms with E-state index in [1.54, 1.807) is 5.56 Å². The van der Waals surface area contributed by atoms with Crippen LogP contribution in [0.5, 0.6) is 0 Å². The van der Waals surface area contributed by atoms with E-state index in [2.05, 4.69) is 35.6 Å². The largest absolute Gasteiger partial charge is 0.316 e. The second-order valence-electron chi connectivity index (χ2n) is 4.76. The summed E-state index contributed by atoms with van der Waals surface area (Å²) in [4.78, 5) is 0. The van der Waals surface area contributed by atoms with Crippen molar-refractivity contribution >= 4 is 0 Å². The standard InChI is InChI=1S/C13H17N/c1-2-4-10(5-3-1)11-6-12-8-14-9-13(12)7-11/h1-5,11-14H,6-9H2/t11-,12-,13?/m1/s1. The van der Waals surface area contributed by atoms with Gasteiger partial charge in [-0.1, -0.05) is 30.3 Å². The highest BCUT2D eigenvalue weighted by atomic mass is 14.9. The van der Waals surface area contributed by atoms with Crippen molar-refractivity contribution in [2.75, 3.05) is 13.1 Å². The molecule has 1 saturated carbocycles. The van der Waals surface area contributed by atoms with Crippen molar-refractivity contribution in [1.82, 2.24) is 5.32 Å². The van der Waals surface area contributed by atoms with Crippen LogP contribution in [0.15, 0.2) is 30.3 Å². The van der Waals surface area contributed by atoms with E-state index in [1.807, 2.05) is 0 Å². The summed E-state index contributed by atoms with van der Waals surface area (Å²) in [5.74, 6) is 2.76. The highest BCUT2D eigenvalue weighted by Gasteiger charge is 2.37. The highest BCUT2D eigenvalue weighted by molar-refractivity contribution is 5.21. The first kappa shape index (κ1) is 8.49. The molecule has 1 aliphatic heterocycles. The smallest absolute Gasteiger partial charge is 0.00171 e. The fourth-order valence-electron chi connectivity index (χ4n) is 3.16. The molecule has 1 saturated heterocycles. The van der Waals surface area contributed by atoms with Crippen LogP contribution in [0.4, 0.5) is 0 Å². The quantitative estimate of drug-likeness (QED) is 0.712. The maximum atomic E-state index is 3.50. The van der Waals surface area contributed by atoms with E-state index >= 15 is 0 Å². The monoisotopic (exact) mass is 187 g/mol. The highest BCUT2D eigenvalue weighted by Crippen LogP contribution is 2.43. The average Bonchev–Trinajstić information content (AvgIpc) is 2.78. The molecule has 74 valence electrons. The molecule has 1 aromatic carbocycles. The maximum Gasteiger partial charge on any atom is -0.00171 e. The average molecular weight is 187 g/mol. The molecule has 1 heteroatoms. The molecule has 0 aromatic heterocycles. The van der Waals surface area contributed by atoms with Gasteiger partial charge in [0.1, 0.15) is 0 Å². The summed E-state index contributed by atoms with van der Waals surface area (Å²) >= 11 is 0. The van der Waals surface area contributed by atoms with Gasteiger partial charge in [0, 0.05) is 0 Å². The van der Waals surface area contributed by atoms with E-state index in [0.29, 0.717) is 0 Å². The first-order valence-electron chi connectivity index (χ1n) is 5.69. The van der Waals surface area contributed by atoms with Gasteiger partial charge < -0.3 is 5.32 Å². The first-order chi connectivity index (χ1) is 6.93. The van der Waals surface area contributed by atoms with Crippen LogP contribution in [0.3, 0.4) is 0 Å². The number of benzene rings is 1. The number of hydrogen-bond acceptors (Lipinski definition) is 1. The molecule has 0 bridgehead atoms. The molecule has 0 spiro atoms. The van der Waals surface area contributed by atoms with Crippen LogP contribution in [-0.4, -0.2) is 13.1 Å². The van der Waals surface area contributed by atoms with E-state index in [9.17, 15) is 0 Å². The van der Waals surface area contributed by atoms with Crippen molar-refractivity contribution in [3.8, 4) is 0 Å². The Morgan fingerprint density at radius 1 is 0.929 bits per heavy atom. The maximum absolute atomic E-state index is 3.50. The molecular weight excluding hydrogens is 170 g/mol. The summed E-state index contributed by atoms with van der Waals surface area (Å²) in [6.45, 7) is 2.52. The van der Waals surface area contributed by atoms with Crippen molar-refractivity contribution in [2.45, 2.75) is 18.8 Å². The third kappa shape index (κ3) is 1.36. The molecule has 3 atom stereocenters. The van der Waals surface area contributed by atoms with Gasteiger partial charge in [-0.2, -0.15) is 0 Å². The zero-order chi connectivity index (χ0) is 9.38. The zero-order valence-electron chi connectivity index (χ0n) is 8.45. The molecule has 14 heavy (non-hydrogen) atoms. The van der Waals surface area contributed by atoms with E-state index < -0.39 is 0 Å². The van der Waals surface area contributed by atoms with Crippen LogP contribution in [0, 0.1) is 11.8 Å². The van der Waals surface area contributed by atoms with Crippen molar-refractivity contribution in [3.05, 3.63) is 35.9 Å².